The summed E-state index contributed by atoms with van der Waals surface area (Å²) in [6, 6.07) is 6.89. The monoisotopic (exact) mass is 281 g/mol. The van der Waals surface area contributed by atoms with Gasteiger partial charge in [-0.1, -0.05) is 29.8 Å². The molecule has 0 aliphatic carbocycles. The molecule has 100 valence electrons. The maximum Gasteiger partial charge on any atom is 0.163 e. The van der Waals surface area contributed by atoms with Crippen molar-refractivity contribution in [3.05, 3.63) is 69.2 Å². The van der Waals surface area contributed by atoms with E-state index in [1.807, 2.05) is 19.9 Å². The highest BCUT2D eigenvalue weighted by atomic mass is 35.5. The van der Waals surface area contributed by atoms with Gasteiger partial charge >= 0.3 is 0 Å². The molecule has 0 bridgehead atoms. The molecular formula is C15H14ClF2N. The summed E-state index contributed by atoms with van der Waals surface area (Å²) >= 11 is 6.02. The van der Waals surface area contributed by atoms with Gasteiger partial charge in [0.15, 0.2) is 11.6 Å². The van der Waals surface area contributed by atoms with E-state index in [2.05, 4.69) is 0 Å². The Morgan fingerprint density at radius 2 is 1.74 bits per heavy atom. The number of rotatable bonds is 2. The molecule has 2 N–H and O–H groups in total. The lowest BCUT2D eigenvalue weighted by Gasteiger charge is -2.17. The summed E-state index contributed by atoms with van der Waals surface area (Å²) in [7, 11) is 0. The van der Waals surface area contributed by atoms with Gasteiger partial charge in [0.2, 0.25) is 0 Å². The van der Waals surface area contributed by atoms with Gasteiger partial charge in [-0.3, -0.25) is 0 Å². The van der Waals surface area contributed by atoms with Gasteiger partial charge in [-0.05, 0) is 42.7 Å². The van der Waals surface area contributed by atoms with Crippen molar-refractivity contribution in [2.24, 2.45) is 5.73 Å². The summed E-state index contributed by atoms with van der Waals surface area (Å²) in [6.45, 7) is 3.69. The van der Waals surface area contributed by atoms with Crippen molar-refractivity contribution in [3.63, 3.8) is 0 Å². The van der Waals surface area contributed by atoms with Crippen molar-refractivity contribution >= 4 is 11.6 Å². The first kappa shape index (κ1) is 14.0. The Bertz CT molecular complexity index is 626. The largest absolute Gasteiger partial charge is 0.320 e. The van der Waals surface area contributed by atoms with Crippen molar-refractivity contribution in [2.75, 3.05) is 0 Å². The molecule has 2 aromatic carbocycles. The molecule has 1 atom stereocenters. The molecule has 2 aromatic rings. The zero-order valence-electron chi connectivity index (χ0n) is 10.7. The number of halogens is 3. The van der Waals surface area contributed by atoms with Crippen molar-refractivity contribution in [2.45, 2.75) is 19.9 Å². The maximum absolute atomic E-state index is 13.8. The van der Waals surface area contributed by atoms with E-state index in [4.69, 9.17) is 17.3 Å². The summed E-state index contributed by atoms with van der Waals surface area (Å²) in [6.07, 6.45) is 0. The van der Waals surface area contributed by atoms with E-state index < -0.39 is 17.7 Å². The van der Waals surface area contributed by atoms with E-state index in [0.29, 0.717) is 5.02 Å². The molecule has 1 nitrogen and oxygen atoms in total. The Morgan fingerprint density at radius 3 is 2.42 bits per heavy atom. The molecule has 0 saturated carbocycles. The fraction of sp³-hybridized carbons (Fsp3) is 0.200. The molecule has 2 rings (SSSR count). The lowest BCUT2D eigenvalue weighted by molar-refractivity contribution is 0.494. The Balaban J connectivity index is 2.53. The molecular weight excluding hydrogens is 268 g/mol. The second kappa shape index (κ2) is 5.27. The Morgan fingerprint density at radius 1 is 1.05 bits per heavy atom. The van der Waals surface area contributed by atoms with Gasteiger partial charge < -0.3 is 5.73 Å². The summed E-state index contributed by atoms with van der Waals surface area (Å²) in [5, 5.41) is 0.633. The normalized spacial score (nSPS) is 12.5. The first-order valence-electron chi connectivity index (χ1n) is 5.88. The zero-order chi connectivity index (χ0) is 14.2. The van der Waals surface area contributed by atoms with Gasteiger partial charge in [0.05, 0.1) is 6.04 Å². The van der Waals surface area contributed by atoms with E-state index in [1.54, 1.807) is 6.07 Å². The molecule has 0 saturated heterocycles. The van der Waals surface area contributed by atoms with Crippen molar-refractivity contribution in [1.29, 1.82) is 0 Å². The second-order valence-electron chi connectivity index (χ2n) is 4.58. The minimum atomic E-state index is -0.901. The fourth-order valence-electron chi connectivity index (χ4n) is 2.07. The van der Waals surface area contributed by atoms with Crippen LogP contribution in [-0.4, -0.2) is 0 Å². The van der Waals surface area contributed by atoms with Crippen LogP contribution in [0.1, 0.15) is 28.3 Å². The second-order valence-corrected chi connectivity index (χ2v) is 4.99. The third kappa shape index (κ3) is 2.62. The summed E-state index contributed by atoms with van der Waals surface area (Å²) in [5.74, 6) is -1.79. The molecule has 0 aliphatic heterocycles. The molecule has 0 radical (unpaired) electrons. The van der Waals surface area contributed by atoms with Crippen LogP contribution in [0.15, 0.2) is 30.3 Å². The van der Waals surface area contributed by atoms with Crippen LogP contribution in [0.4, 0.5) is 8.78 Å². The zero-order valence-corrected chi connectivity index (χ0v) is 11.4. The predicted octanol–water partition coefficient (Wildman–Crippen LogP) is 4.28. The van der Waals surface area contributed by atoms with Gasteiger partial charge in [-0.2, -0.15) is 0 Å². The SMILES string of the molecule is Cc1cc(C(N)c2cccc(F)c2F)c(C)cc1Cl. The highest BCUT2D eigenvalue weighted by molar-refractivity contribution is 6.31. The number of hydrogen-bond acceptors (Lipinski definition) is 1. The van der Waals surface area contributed by atoms with Crippen LogP contribution in [-0.2, 0) is 0 Å². The van der Waals surface area contributed by atoms with Crippen molar-refractivity contribution in [3.8, 4) is 0 Å². The van der Waals surface area contributed by atoms with E-state index in [0.717, 1.165) is 22.8 Å². The molecule has 0 aromatic heterocycles. The van der Waals surface area contributed by atoms with Gasteiger partial charge in [0.25, 0.3) is 0 Å². The fourth-order valence-corrected chi connectivity index (χ4v) is 2.28. The van der Waals surface area contributed by atoms with E-state index in [9.17, 15) is 8.78 Å². The van der Waals surface area contributed by atoms with Gasteiger partial charge in [-0.25, -0.2) is 8.78 Å². The molecule has 4 heteroatoms. The third-order valence-electron chi connectivity index (χ3n) is 3.20. The van der Waals surface area contributed by atoms with Gasteiger partial charge in [-0.15, -0.1) is 0 Å². The topological polar surface area (TPSA) is 26.0 Å². The van der Waals surface area contributed by atoms with E-state index in [-0.39, 0.29) is 5.56 Å². The number of hydrogen-bond donors (Lipinski definition) is 1. The van der Waals surface area contributed by atoms with Crippen molar-refractivity contribution < 1.29 is 8.78 Å². The molecule has 0 heterocycles. The Kier molecular flexibility index (Phi) is 3.88. The minimum absolute atomic E-state index is 0.143. The van der Waals surface area contributed by atoms with Crippen LogP contribution in [0.2, 0.25) is 5.02 Å². The summed E-state index contributed by atoms with van der Waals surface area (Å²) in [5.41, 5.74) is 8.65. The van der Waals surface area contributed by atoms with Crippen LogP contribution in [0.3, 0.4) is 0 Å². The number of aryl methyl sites for hydroxylation is 2. The first-order valence-corrected chi connectivity index (χ1v) is 6.25. The number of benzene rings is 2. The Hall–Kier alpha value is -1.45. The average Bonchev–Trinajstić information content (AvgIpc) is 2.36. The number of nitrogens with two attached hydrogens (primary N) is 1. The van der Waals surface area contributed by atoms with Gasteiger partial charge in [0.1, 0.15) is 0 Å². The van der Waals surface area contributed by atoms with Crippen LogP contribution in [0.25, 0.3) is 0 Å². The Labute approximate surface area is 116 Å². The third-order valence-corrected chi connectivity index (χ3v) is 3.61. The lowest BCUT2D eigenvalue weighted by atomic mass is 9.94. The smallest absolute Gasteiger partial charge is 0.163 e. The standard InChI is InChI=1S/C15H14ClF2N/c1-8-7-12(16)9(2)6-11(8)15(19)10-4-3-5-13(17)14(10)18/h3-7,15H,19H2,1-2H3. The summed E-state index contributed by atoms with van der Waals surface area (Å²) in [4.78, 5) is 0. The summed E-state index contributed by atoms with van der Waals surface area (Å²) < 4.78 is 27.0. The van der Waals surface area contributed by atoms with E-state index in [1.165, 1.54) is 12.1 Å². The van der Waals surface area contributed by atoms with Crippen molar-refractivity contribution in [1.82, 2.24) is 0 Å². The lowest BCUT2D eigenvalue weighted by Crippen LogP contribution is -2.16. The van der Waals surface area contributed by atoms with Crippen LogP contribution in [0, 0.1) is 25.5 Å². The van der Waals surface area contributed by atoms with Crippen LogP contribution < -0.4 is 5.73 Å². The molecule has 1 unspecified atom stereocenters. The average molecular weight is 282 g/mol. The van der Waals surface area contributed by atoms with E-state index >= 15 is 0 Å². The predicted molar refractivity (Wildman–Crippen MR) is 73.3 cm³/mol. The highest BCUT2D eigenvalue weighted by Gasteiger charge is 2.18. The van der Waals surface area contributed by atoms with Crippen LogP contribution >= 0.6 is 11.6 Å². The van der Waals surface area contributed by atoms with Crippen LogP contribution in [0.5, 0.6) is 0 Å². The molecule has 19 heavy (non-hydrogen) atoms. The quantitative estimate of drug-likeness (QED) is 0.873. The highest BCUT2D eigenvalue weighted by Crippen LogP contribution is 2.29. The van der Waals surface area contributed by atoms with Gasteiger partial charge in [0, 0.05) is 10.6 Å². The molecule has 0 amide bonds. The molecule has 0 fully saturated rings. The molecule has 0 aliphatic rings. The minimum Gasteiger partial charge on any atom is -0.320 e. The molecule has 0 spiro atoms. The maximum atomic E-state index is 13.8. The first-order chi connectivity index (χ1) is 8.91.